The molecule has 0 fully saturated rings. The van der Waals surface area contributed by atoms with Crippen LogP contribution in [0.5, 0.6) is 0 Å². The fourth-order valence-corrected chi connectivity index (χ4v) is 1.29. The number of hydrogen-bond acceptors (Lipinski definition) is 3. The van der Waals surface area contributed by atoms with E-state index in [0.717, 1.165) is 5.69 Å². The van der Waals surface area contributed by atoms with Crippen molar-refractivity contribution in [3.05, 3.63) is 42.1 Å². The maximum Gasteiger partial charge on any atom is 0.254 e. The predicted molar refractivity (Wildman–Crippen MR) is 67.8 cm³/mol. The minimum atomic E-state index is -0.574. The van der Waals surface area contributed by atoms with Crippen molar-refractivity contribution in [2.75, 3.05) is 5.73 Å². The number of aromatic nitrogens is 2. The van der Waals surface area contributed by atoms with Crippen LogP contribution in [0.4, 0.5) is 5.82 Å². The number of rotatable bonds is 2. The van der Waals surface area contributed by atoms with Crippen molar-refractivity contribution in [2.24, 2.45) is 5.73 Å². The van der Waals surface area contributed by atoms with Crippen LogP contribution in [0.3, 0.4) is 0 Å². The molecule has 90 valence electrons. The number of benzene rings is 1. The summed E-state index contributed by atoms with van der Waals surface area (Å²) in [7, 11) is 0. The molecular formula is C12H16N4O. The van der Waals surface area contributed by atoms with E-state index in [4.69, 9.17) is 11.5 Å². The molecule has 5 heteroatoms. The smallest absolute Gasteiger partial charge is 0.254 e. The van der Waals surface area contributed by atoms with Gasteiger partial charge in [-0.05, 0) is 12.1 Å². The lowest BCUT2D eigenvalue weighted by atomic mass is 10.3. The molecule has 0 unspecified atom stereocenters. The summed E-state index contributed by atoms with van der Waals surface area (Å²) in [6, 6.07) is 9.36. The van der Waals surface area contributed by atoms with Crippen LogP contribution >= 0.6 is 0 Å². The molecule has 0 radical (unpaired) electrons. The SMILES string of the molecule is CC.NC(=O)c1cn(-c2ccccc2)nc1N. The summed E-state index contributed by atoms with van der Waals surface area (Å²) < 4.78 is 1.52. The highest BCUT2D eigenvalue weighted by atomic mass is 16.1. The van der Waals surface area contributed by atoms with Crippen molar-refractivity contribution in [2.45, 2.75) is 13.8 Å². The van der Waals surface area contributed by atoms with Crippen LogP contribution in [-0.4, -0.2) is 15.7 Å². The van der Waals surface area contributed by atoms with Gasteiger partial charge in [0, 0.05) is 6.20 Å². The number of nitrogens with zero attached hydrogens (tertiary/aromatic N) is 2. The average molecular weight is 232 g/mol. The Morgan fingerprint density at radius 1 is 1.24 bits per heavy atom. The van der Waals surface area contributed by atoms with Crippen LogP contribution in [0.2, 0.25) is 0 Å². The minimum Gasteiger partial charge on any atom is -0.382 e. The molecule has 0 saturated carbocycles. The number of primary amides is 1. The van der Waals surface area contributed by atoms with Crippen molar-refractivity contribution in [1.29, 1.82) is 0 Å². The molecule has 0 spiro atoms. The van der Waals surface area contributed by atoms with E-state index in [1.165, 1.54) is 10.9 Å². The molecule has 0 aliphatic rings. The highest BCUT2D eigenvalue weighted by molar-refractivity contribution is 5.96. The molecule has 0 atom stereocenters. The van der Waals surface area contributed by atoms with Crippen LogP contribution in [0.25, 0.3) is 5.69 Å². The van der Waals surface area contributed by atoms with E-state index in [1.54, 1.807) is 0 Å². The van der Waals surface area contributed by atoms with Gasteiger partial charge < -0.3 is 11.5 Å². The second-order valence-corrected chi connectivity index (χ2v) is 3.07. The van der Waals surface area contributed by atoms with E-state index < -0.39 is 5.91 Å². The topological polar surface area (TPSA) is 86.9 Å². The van der Waals surface area contributed by atoms with Gasteiger partial charge in [0.1, 0.15) is 5.56 Å². The van der Waals surface area contributed by atoms with E-state index in [1.807, 2.05) is 44.2 Å². The highest BCUT2D eigenvalue weighted by Gasteiger charge is 2.11. The monoisotopic (exact) mass is 232 g/mol. The van der Waals surface area contributed by atoms with Gasteiger partial charge in [0.25, 0.3) is 5.91 Å². The fourth-order valence-electron chi connectivity index (χ4n) is 1.29. The van der Waals surface area contributed by atoms with Gasteiger partial charge in [-0.2, -0.15) is 0 Å². The van der Waals surface area contributed by atoms with E-state index in [0.29, 0.717) is 0 Å². The van der Waals surface area contributed by atoms with Crippen molar-refractivity contribution in [3.63, 3.8) is 0 Å². The van der Waals surface area contributed by atoms with Gasteiger partial charge in [0.2, 0.25) is 0 Å². The lowest BCUT2D eigenvalue weighted by Gasteiger charge is -1.98. The Hall–Kier alpha value is -2.30. The first-order chi connectivity index (χ1) is 8.18. The number of anilines is 1. The quantitative estimate of drug-likeness (QED) is 0.824. The van der Waals surface area contributed by atoms with Crippen molar-refractivity contribution >= 4 is 11.7 Å². The van der Waals surface area contributed by atoms with Crippen LogP contribution in [-0.2, 0) is 0 Å². The minimum absolute atomic E-state index is 0.145. The number of para-hydroxylation sites is 1. The zero-order valence-electron chi connectivity index (χ0n) is 9.92. The molecule has 1 aromatic carbocycles. The van der Waals surface area contributed by atoms with Gasteiger partial charge >= 0.3 is 0 Å². The Bertz CT molecular complexity index is 490. The Morgan fingerprint density at radius 3 is 2.29 bits per heavy atom. The van der Waals surface area contributed by atoms with E-state index in [2.05, 4.69) is 5.10 Å². The second-order valence-electron chi connectivity index (χ2n) is 3.07. The molecule has 5 nitrogen and oxygen atoms in total. The molecule has 2 aromatic rings. The van der Waals surface area contributed by atoms with Crippen LogP contribution < -0.4 is 11.5 Å². The zero-order chi connectivity index (χ0) is 12.8. The zero-order valence-corrected chi connectivity index (χ0v) is 9.92. The first kappa shape index (κ1) is 12.8. The highest BCUT2D eigenvalue weighted by Crippen LogP contribution is 2.12. The van der Waals surface area contributed by atoms with Gasteiger partial charge in [-0.15, -0.1) is 5.10 Å². The Kier molecular flexibility index (Phi) is 4.28. The number of carbonyl (C=O) groups excluding carboxylic acids is 1. The third kappa shape index (κ3) is 2.84. The molecule has 0 bridgehead atoms. The molecule has 17 heavy (non-hydrogen) atoms. The first-order valence-corrected chi connectivity index (χ1v) is 5.39. The Balaban J connectivity index is 0.000000686. The van der Waals surface area contributed by atoms with Crippen LogP contribution in [0.15, 0.2) is 36.5 Å². The van der Waals surface area contributed by atoms with E-state index in [9.17, 15) is 4.79 Å². The molecule has 0 aliphatic heterocycles. The summed E-state index contributed by atoms with van der Waals surface area (Å²) >= 11 is 0. The standard InChI is InChI=1S/C10H10N4O.C2H6/c11-9-8(10(12)15)6-14(13-9)7-4-2-1-3-5-7;1-2/h1-6H,(H2,11,13)(H2,12,15);1-2H3. The second kappa shape index (κ2) is 5.69. The summed E-state index contributed by atoms with van der Waals surface area (Å²) in [4.78, 5) is 11.0. The van der Waals surface area contributed by atoms with Crippen molar-refractivity contribution < 1.29 is 4.79 Å². The van der Waals surface area contributed by atoms with Gasteiger partial charge in [-0.1, -0.05) is 32.0 Å². The fraction of sp³-hybridized carbons (Fsp3) is 0.167. The third-order valence-corrected chi connectivity index (χ3v) is 2.03. The maximum absolute atomic E-state index is 11.0. The number of nitrogens with two attached hydrogens (primary N) is 2. The molecule has 0 saturated heterocycles. The number of hydrogen-bond donors (Lipinski definition) is 2. The summed E-state index contributed by atoms with van der Waals surface area (Å²) in [6.07, 6.45) is 1.52. The molecule has 4 N–H and O–H groups in total. The largest absolute Gasteiger partial charge is 0.382 e. The molecule has 1 amide bonds. The summed E-state index contributed by atoms with van der Waals surface area (Å²) in [5.41, 5.74) is 11.7. The van der Waals surface area contributed by atoms with Gasteiger partial charge in [-0.25, -0.2) is 4.68 Å². The first-order valence-electron chi connectivity index (χ1n) is 5.39. The molecule has 1 heterocycles. The molecular weight excluding hydrogens is 216 g/mol. The van der Waals surface area contributed by atoms with Crippen molar-refractivity contribution in [1.82, 2.24) is 9.78 Å². The number of nitrogen functional groups attached to an aromatic ring is 1. The van der Waals surface area contributed by atoms with Gasteiger partial charge in [0.15, 0.2) is 5.82 Å². The normalized spacial score (nSPS) is 9.29. The Morgan fingerprint density at radius 2 is 1.82 bits per heavy atom. The predicted octanol–water partition coefficient (Wildman–Crippen LogP) is 1.58. The van der Waals surface area contributed by atoms with Crippen LogP contribution in [0, 0.1) is 0 Å². The molecule has 0 aliphatic carbocycles. The van der Waals surface area contributed by atoms with Crippen LogP contribution in [0.1, 0.15) is 24.2 Å². The maximum atomic E-state index is 11.0. The van der Waals surface area contributed by atoms with E-state index >= 15 is 0 Å². The van der Waals surface area contributed by atoms with E-state index in [-0.39, 0.29) is 11.4 Å². The summed E-state index contributed by atoms with van der Waals surface area (Å²) in [5, 5.41) is 4.00. The number of amides is 1. The lowest BCUT2D eigenvalue weighted by molar-refractivity contribution is 0.100. The number of carbonyl (C=O) groups is 1. The van der Waals surface area contributed by atoms with Crippen molar-refractivity contribution in [3.8, 4) is 5.69 Å². The van der Waals surface area contributed by atoms with Gasteiger partial charge in [-0.3, -0.25) is 4.79 Å². The lowest BCUT2D eigenvalue weighted by Crippen LogP contribution is -2.11. The molecule has 1 aromatic heterocycles. The Labute approximate surface area is 100 Å². The summed E-state index contributed by atoms with van der Waals surface area (Å²) in [6.45, 7) is 4.00. The van der Waals surface area contributed by atoms with Gasteiger partial charge in [0.05, 0.1) is 5.69 Å². The third-order valence-electron chi connectivity index (χ3n) is 2.03. The average Bonchev–Trinajstić information content (AvgIpc) is 2.75. The molecule has 2 rings (SSSR count). The summed E-state index contributed by atoms with van der Waals surface area (Å²) in [5.74, 6) is -0.430.